The van der Waals surface area contributed by atoms with E-state index in [2.05, 4.69) is 4.98 Å². The molecular formula is C14H9ClF3NO3S. The summed E-state index contributed by atoms with van der Waals surface area (Å²) in [4.78, 5) is 15.2. The monoisotopic (exact) mass is 363 g/mol. The van der Waals surface area contributed by atoms with Gasteiger partial charge in [-0.05, 0) is 36.4 Å². The van der Waals surface area contributed by atoms with E-state index in [0.717, 1.165) is 6.07 Å². The van der Waals surface area contributed by atoms with Crippen molar-refractivity contribution >= 4 is 27.2 Å². The number of benzene rings is 1. The van der Waals surface area contributed by atoms with Gasteiger partial charge in [-0.25, -0.2) is 13.4 Å². The quantitative estimate of drug-likeness (QED) is 0.781. The van der Waals surface area contributed by atoms with Crippen LogP contribution < -0.4 is 0 Å². The maximum atomic E-state index is 12.4. The van der Waals surface area contributed by atoms with Gasteiger partial charge in [-0.15, -0.1) is 0 Å². The number of sulfone groups is 1. The largest absolute Gasteiger partial charge is 0.417 e. The van der Waals surface area contributed by atoms with Gasteiger partial charge in [0.05, 0.1) is 5.56 Å². The Morgan fingerprint density at radius 2 is 1.70 bits per heavy atom. The number of carbonyl (C=O) groups is 1. The van der Waals surface area contributed by atoms with Crippen LogP contribution in [0.2, 0.25) is 5.02 Å². The van der Waals surface area contributed by atoms with Gasteiger partial charge in [0.1, 0.15) is 5.75 Å². The summed E-state index contributed by atoms with van der Waals surface area (Å²) < 4.78 is 61.4. The Morgan fingerprint density at radius 3 is 2.17 bits per heavy atom. The molecule has 0 aliphatic rings. The van der Waals surface area contributed by atoms with E-state index in [1.54, 1.807) is 0 Å². The molecule has 0 spiro atoms. The van der Waals surface area contributed by atoms with Gasteiger partial charge in [-0.3, -0.25) is 4.79 Å². The zero-order chi connectivity index (χ0) is 17.3. The Balaban J connectivity index is 2.21. The third-order valence-electron chi connectivity index (χ3n) is 2.87. The van der Waals surface area contributed by atoms with E-state index >= 15 is 0 Å². The van der Waals surface area contributed by atoms with Crippen LogP contribution >= 0.6 is 11.6 Å². The number of ketones is 1. The maximum Gasteiger partial charge on any atom is 0.417 e. The van der Waals surface area contributed by atoms with Crippen molar-refractivity contribution in [2.45, 2.75) is 11.2 Å². The minimum absolute atomic E-state index is 0.130. The molecule has 0 bridgehead atoms. The molecule has 0 radical (unpaired) electrons. The molecule has 0 fully saturated rings. The second-order valence-corrected chi connectivity index (χ2v) is 6.94. The highest BCUT2D eigenvalue weighted by Gasteiger charge is 2.31. The molecule has 1 aromatic heterocycles. The molecule has 4 nitrogen and oxygen atoms in total. The summed E-state index contributed by atoms with van der Waals surface area (Å²) in [6.07, 6.45) is -4.20. The molecule has 2 rings (SSSR count). The van der Waals surface area contributed by atoms with Crippen molar-refractivity contribution in [2.75, 3.05) is 5.75 Å². The third kappa shape index (κ3) is 4.29. The first-order valence-electron chi connectivity index (χ1n) is 6.14. The van der Waals surface area contributed by atoms with Crippen molar-refractivity contribution in [3.05, 3.63) is 58.7 Å². The molecule has 0 unspecified atom stereocenters. The predicted octanol–water partition coefficient (Wildman–Crippen LogP) is 3.41. The minimum Gasteiger partial charge on any atom is -0.293 e. The number of hydrogen-bond acceptors (Lipinski definition) is 4. The second-order valence-electron chi connectivity index (χ2n) is 4.57. The number of pyridine rings is 1. The summed E-state index contributed by atoms with van der Waals surface area (Å²) in [5.41, 5.74) is -0.939. The maximum absolute atomic E-state index is 12.4. The summed E-state index contributed by atoms with van der Waals surface area (Å²) in [6.45, 7) is 0. The lowest BCUT2D eigenvalue weighted by Crippen LogP contribution is -2.18. The Bertz CT molecular complexity index is 816. The molecule has 9 heteroatoms. The Labute approximate surface area is 134 Å². The van der Waals surface area contributed by atoms with Gasteiger partial charge >= 0.3 is 6.18 Å². The lowest BCUT2D eigenvalue weighted by Gasteiger charge is -2.07. The average molecular weight is 364 g/mol. The number of nitrogens with zero attached hydrogens (tertiary/aromatic N) is 1. The fraction of sp³-hybridized carbons (Fsp3) is 0.143. The molecule has 0 saturated heterocycles. The Morgan fingerprint density at radius 1 is 1.09 bits per heavy atom. The van der Waals surface area contributed by atoms with Gasteiger partial charge in [-0.1, -0.05) is 11.6 Å². The Kier molecular flexibility index (Phi) is 4.76. The molecule has 0 N–H and O–H groups in total. The third-order valence-corrected chi connectivity index (χ3v) is 4.64. The van der Waals surface area contributed by atoms with Crippen molar-refractivity contribution in [1.29, 1.82) is 0 Å². The molecule has 2 aromatic rings. The summed E-state index contributed by atoms with van der Waals surface area (Å²) in [5, 5.41) is -0.207. The number of carbonyl (C=O) groups excluding carboxylic acids is 1. The van der Waals surface area contributed by atoms with Crippen molar-refractivity contribution in [2.24, 2.45) is 0 Å². The zero-order valence-corrected chi connectivity index (χ0v) is 12.9. The first-order chi connectivity index (χ1) is 10.6. The number of hydrogen-bond donors (Lipinski definition) is 0. The van der Waals surface area contributed by atoms with E-state index in [-0.39, 0.29) is 5.56 Å². The van der Waals surface area contributed by atoms with Crippen LogP contribution in [0.5, 0.6) is 0 Å². The molecule has 0 atom stereocenters. The molecule has 0 aliphatic heterocycles. The number of alkyl halides is 3. The normalized spacial score (nSPS) is 12.2. The zero-order valence-electron chi connectivity index (χ0n) is 11.3. The van der Waals surface area contributed by atoms with E-state index in [9.17, 15) is 26.4 Å². The van der Waals surface area contributed by atoms with Gasteiger partial charge in [-0.2, -0.15) is 13.2 Å². The van der Waals surface area contributed by atoms with Crippen molar-refractivity contribution in [3.8, 4) is 0 Å². The van der Waals surface area contributed by atoms with E-state index in [1.807, 2.05) is 0 Å². The lowest BCUT2D eigenvalue weighted by atomic mass is 10.1. The van der Waals surface area contributed by atoms with E-state index in [1.165, 1.54) is 24.3 Å². The fourth-order valence-corrected chi connectivity index (χ4v) is 2.97. The van der Waals surface area contributed by atoms with Crippen molar-refractivity contribution < 1.29 is 26.4 Å². The van der Waals surface area contributed by atoms with Crippen LogP contribution in [-0.4, -0.2) is 24.9 Å². The van der Waals surface area contributed by atoms with E-state index < -0.39 is 38.1 Å². The van der Waals surface area contributed by atoms with E-state index in [4.69, 9.17) is 11.6 Å². The van der Waals surface area contributed by atoms with Crippen molar-refractivity contribution in [1.82, 2.24) is 4.98 Å². The molecule has 23 heavy (non-hydrogen) atoms. The lowest BCUT2D eigenvalue weighted by molar-refractivity contribution is -0.137. The van der Waals surface area contributed by atoms with Gasteiger partial charge < -0.3 is 0 Å². The van der Waals surface area contributed by atoms with Crippen LogP contribution in [0, 0.1) is 0 Å². The van der Waals surface area contributed by atoms with Crippen LogP contribution in [0.3, 0.4) is 0 Å². The van der Waals surface area contributed by atoms with Gasteiger partial charge in [0.25, 0.3) is 0 Å². The number of aromatic nitrogens is 1. The van der Waals surface area contributed by atoms with Crippen LogP contribution in [0.4, 0.5) is 13.2 Å². The standard InChI is InChI=1S/C14H9ClF3NO3S/c15-11-4-1-9(2-5-11)12(20)8-23(21,22)13-6-3-10(7-19-13)14(16,17)18/h1-7H,8H2. The summed E-state index contributed by atoms with van der Waals surface area (Å²) >= 11 is 5.67. The minimum atomic E-state index is -4.62. The molecule has 122 valence electrons. The highest BCUT2D eigenvalue weighted by Crippen LogP contribution is 2.28. The van der Waals surface area contributed by atoms with Crippen LogP contribution in [-0.2, 0) is 16.0 Å². The topological polar surface area (TPSA) is 64.1 Å². The second kappa shape index (κ2) is 6.29. The molecule has 1 heterocycles. The Hall–Kier alpha value is -1.93. The highest BCUT2D eigenvalue weighted by atomic mass is 35.5. The fourth-order valence-electron chi connectivity index (χ4n) is 1.70. The van der Waals surface area contributed by atoms with E-state index in [0.29, 0.717) is 17.3 Å². The van der Waals surface area contributed by atoms with Crippen LogP contribution in [0.15, 0.2) is 47.6 Å². The van der Waals surface area contributed by atoms with Crippen LogP contribution in [0.1, 0.15) is 15.9 Å². The SMILES string of the molecule is O=C(CS(=O)(=O)c1ccc(C(F)(F)F)cn1)c1ccc(Cl)cc1. The van der Waals surface area contributed by atoms with Gasteiger partial charge in [0, 0.05) is 16.8 Å². The average Bonchev–Trinajstić information content (AvgIpc) is 2.46. The van der Waals surface area contributed by atoms with Gasteiger partial charge in [0.2, 0.25) is 9.84 Å². The van der Waals surface area contributed by atoms with Crippen LogP contribution in [0.25, 0.3) is 0 Å². The molecule has 0 aliphatic carbocycles. The summed E-state index contributed by atoms with van der Waals surface area (Å²) in [7, 11) is -4.14. The number of rotatable bonds is 4. The molecular weight excluding hydrogens is 355 g/mol. The first kappa shape index (κ1) is 17.4. The summed E-state index contributed by atoms with van der Waals surface area (Å²) in [5.74, 6) is -1.60. The van der Waals surface area contributed by atoms with Gasteiger partial charge in [0.15, 0.2) is 10.8 Å². The number of halogens is 4. The predicted molar refractivity (Wildman–Crippen MR) is 77.1 cm³/mol. The highest BCUT2D eigenvalue weighted by molar-refractivity contribution is 7.92. The van der Waals surface area contributed by atoms with Crippen molar-refractivity contribution in [3.63, 3.8) is 0 Å². The molecule has 0 saturated carbocycles. The number of Topliss-reactive ketones (excluding diaryl/α,β-unsaturated/α-hetero) is 1. The first-order valence-corrected chi connectivity index (χ1v) is 8.17. The molecule has 0 amide bonds. The molecule has 1 aromatic carbocycles. The smallest absolute Gasteiger partial charge is 0.293 e. The summed E-state index contributed by atoms with van der Waals surface area (Å²) in [6, 6.07) is 6.91.